The Kier molecular flexibility index (Phi) is 4.48. The van der Waals surface area contributed by atoms with Gasteiger partial charge in [0.1, 0.15) is 0 Å². The number of rotatable bonds is 4. The molecule has 3 fully saturated rings. The number of nitrogens with zero attached hydrogens (tertiary/aromatic N) is 1. The molecule has 3 rings (SSSR count). The van der Waals surface area contributed by atoms with Gasteiger partial charge < -0.3 is 5.32 Å². The molecule has 0 radical (unpaired) electrons. The van der Waals surface area contributed by atoms with E-state index >= 15 is 0 Å². The second-order valence-corrected chi connectivity index (χ2v) is 7.62. The Bertz CT molecular complexity index is 279. The lowest BCUT2D eigenvalue weighted by Crippen LogP contribution is -2.60. The van der Waals surface area contributed by atoms with Crippen LogP contribution in [-0.2, 0) is 0 Å². The monoisotopic (exact) mass is 264 g/mol. The van der Waals surface area contributed by atoms with Crippen LogP contribution in [0, 0.1) is 11.8 Å². The summed E-state index contributed by atoms with van der Waals surface area (Å²) in [7, 11) is 0. The Hall–Kier alpha value is -0.0800. The van der Waals surface area contributed by atoms with E-state index in [9.17, 15) is 0 Å². The summed E-state index contributed by atoms with van der Waals surface area (Å²) in [6, 6.07) is 2.52. The first-order valence-corrected chi connectivity index (χ1v) is 8.73. The average molecular weight is 264 g/mol. The molecule has 0 spiro atoms. The second kappa shape index (κ2) is 6.13. The van der Waals surface area contributed by atoms with Crippen LogP contribution in [0.4, 0.5) is 0 Å². The molecule has 0 aromatic carbocycles. The van der Waals surface area contributed by atoms with Crippen molar-refractivity contribution < 1.29 is 0 Å². The van der Waals surface area contributed by atoms with Gasteiger partial charge in [0, 0.05) is 31.2 Å². The fourth-order valence-electron chi connectivity index (χ4n) is 4.28. The molecule has 0 amide bonds. The molecule has 110 valence electrons. The Morgan fingerprint density at radius 2 is 1.79 bits per heavy atom. The molecule has 2 aliphatic carbocycles. The highest BCUT2D eigenvalue weighted by Gasteiger charge is 2.39. The third-order valence-corrected chi connectivity index (χ3v) is 5.47. The van der Waals surface area contributed by atoms with Crippen molar-refractivity contribution in [2.45, 2.75) is 83.3 Å². The zero-order valence-electron chi connectivity index (χ0n) is 12.9. The molecule has 1 saturated heterocycles. The number of piperazine rings is 1. The van der Waals surface area contributed by atoms with E-state index in [0.717, 1.165) is 30.0 Å². The molecular formula is C17H32N2. The van der Waals surface area contributed by atoms with Crippen molar-refractivity contribution in [2.75, 3.05) is 13.1 Å². The third kappa shape index (κ3) is 3.52. The molecule has 3 aliphatic rings. The molecular weight excluding hydrogens is 232 g/mol. The first-order valence-electron chi connectivity index (χ1n) is 8.73. The summed E-state index contributed by atoms with van der Waals surface area (Å²) < 4.78 is 0. The highest BCUT2D eigenvalue weighted by Crippen LogP contribution is 2.36. The van der Waals surface area contributed by atoms with Crippen LogP contribution in [0.1, 0.15) is 65.2 Å². The van der Waals surface area contributed by atoms with Crippen molar-refractivity contribution in [2.24, 2.45) is 11.8 Å². The summed E-state index contributed by atoms with van der Waals surface area (Å²) in [6.07, 6.45) is 11.7. The Balaban J connectivity index is 1.64. The van der Waals surface area contributed by atoms with Crippen molar-refractivity contribution in [3.05, 3.63) is 0 Å². The van der Waals surface area contributed by atoms with E-state index < -0.39 is 0 Å². The number of hydrogen-bond donors (Lipinski definition) is 1. The molecule has 1 N–H and O–H groups in total. The lowest BCUT2D eigenvalue weighted by molar-refractivity contribution is 0.0470. The maximum atomic E-state index is 3.86. The van der Waals surface area contributed by atoms with Gasteiger partial charge in [0.25, 0.3) is 0 Å². The average Bonchev–Trinajstić information content (AvgIpc) is 3.24. The minimum Gasteiger partial charge on any atom is -0.311 e. The van der Waals surface area contributed by atoms with Crippen molar-refractivity contribution in [3.8, 4) is 0 Å². The fraction of sp³-hybridized carbons (Fsp3) is 1.00. The molecule has 2 heteroatoms. The SMILES string of the molecule is CC(C)CC1CNC(C2CC2)CN1C1CCCCC1. The molecule has 2 nitrogen and oxygen atoms in total. The number of nitrogens with one attached hydrogen (secondary N) is 1. The van der Waals surface area contributed by atoms with Crippen LogP contribution in [0.25, 0.3) is 0 Å². The Labute approximate surface area is 119 Å². The van der Waals surface area contributed by atoms with E-state index in [1.807, 2.05) is 0 Å². The van der Waals surface area contributed by atoms with Crippen LogP contribution in [0.15, 0.2) is 0 Å². The van der Waals surface area contributed by atoms with Crippen molar-refractivity contribution in [1.29, 1.82) is 0 Å². The van der Waals surface area contributed by atoms with Gasteiger partial charge in [-0.15, -0.1) is 0 Å². The molecule has 2 atom stereocenters. The van der Waals surface area contributed by atoms with Crippen LogP contribution < -0.4 is 5.32 Å². The zero-order valence-corrected chi connectivity index (χ0v) is 12.9. The lowest BCUT2D eigenvalue weighted by Gasteiger charge is -2.46. The van der Waals surface area contributed by atoms with Crippen LogP contribution in [0.2, 0.25) is 0 Å². The van der Waals surface area contributed by atoms with Crippen LogP contribution in [-0.4, -0.2) is 36.1 Å². The summed E-state index contributed by atoms with van der Waals surface area (Å²) in [4.78, 5) is 2.93. The van der Waals surface area contributed by atoms with Gasteiger partial charge >= 0.3 is 0 Å². The normalized spacial score (nSPS) is 34.9. The van der Waals surface area contributed by atoms with E-state index in [0.29, 0.717) is 0 Å². The van der Waals surface area contributed by atoms with Gasteiger partial charge in [-0.3, -0.25) is 4.90 Å². The van der Waals surface area contributed by atoms with E-state index in [1.54, 1.807) is 0 Å². The topological polar surface area (TPSA) is 15.3 Å². The Morgan fingerprint density at radius 3 is 2.42 bits per heavy atom. The van der Waals surface area contributed by atoms with Gasteiger partial charge in [-0.05, 0) is 43.9 Å². The van der Waals surface area contributed by atoms with Crippen LogP contribution >= 0.6 is 0 Å². The van der Waals surface area contributed by atoms with Gasteiger partial charge in [0.2, 0.25) is 0 Å². The highest BCUT2D eigenvalue weighted by atomic mass is 15.3. The van der Waals surface area contributed by atoms with Gasteiger partial charge in [-0.1, -0.05) is 33.1 Å². The quantitative estimate of drug-likeness (QED) is 0.837. The predicted octanol–water partition coefficient (Wildman–Crippen LogP) is 3.42. The summed E-state index contributed by atoms with van der Waals surface area (Å²) >= 11 is 0. The van der Waals surface area contributed by atoms with Gasteiger partial charge in [-0.25, -0.2) is 0 Å². The molecule has 19 heavy (non-hydrogen) atoms. The van der Waals surface area contributed by atoms with E-state index in [1.165, 1.54) is 64.5 Å². The second-order valence-electron chi connectivity index (χ2n) is 7.62. The predicted molar refractivity (Wildman–Crippen MR) is 81.3 cm³/mol. The summed E-state index contributed by atoms with van der Waals surface area (Å²) in [5, 5.41) is 3.86. The van der Waals surface area contributed by atoms with E-state index in [2.05, 4.69) is 24.1 Å². The maximum Gasteiger partial charge on any atom is 0.0226 e. The van der Waals surface area contributed by atoms with Crippen molar-refractivity contribution in [1.82, 2.24) is 10.2 Å². The van der Waals surface area contributed by atoms with Gasteiger partial charge in [0.15, 0.2) is 0 Å². The minimum absolute atomic E-state index is 0.804. The Morgan fingerprint density at radius 1 is 1.05 bits per heavy atom. The lowest BCUT2D eigenvalue weighted by atomic mass is 9.89. The zero-order chi connectivity index (χ0) is 13.2. The largest absolute Gasteiger partial charge is 0.311 e. The molecule has 0 bridgehead atoms. The van der Waals surface area contributed by atoms with Crippen LogP contribution in [0.5, 0.6) is 0 Å². The standard InChI is InChI=1S/C17H32N2/c1-13(2)10-16-11-18-17(14-8-9-14)12-19(16)15-6-4-3-5-7-15/h13-18H,3-12H2,1-2H3. The van der Waals surface area contributed by atoms with E-state index in [4.69, 9.17) is 0 Å². The number of hydrogen-bond acceptors (Lipinski definition) is 2. The third-order valence-electron chi connectivity index (χ3n) is 5.47. The van der Waals surface area contributed by atoms with Gasteiger partial charge in [-0.2, -0.15) is 0 Å². The van der Waals surface area contributed by atoms with Crippen molar-refractivity contribution >= 4 is 0 Å². The van der Waals surface area contributed by atoms with E-state index in [-0.39, 0.29) is 0 Å². The first kappa shape index (κ1) is 13.9. The maximum absolute atomic E-state index is 3.86. The summed E-state index contributed by atoms with van der Waals surface area (Å²) in [5.41, 5.74) is 0. The highest BCUT2D eigenvalue weighted by molar-refractivity contribution is 4.97. The van der Waals surface area contributed by atoms with Crippen molar-refractivity contribution in [3.63, 3.8) is 0 Å². The smallest absolute Gasteiger partial charge is 0.0226 e. The minimum atomic E-state index is 0.804. The summed E-state index contributed by atoms with van der Waals surface area (Å²) in [5.74, 6) is 1.83. The molecule has 1 aliphatic heterocycles. The molecule has 1 heterocycles. The molecule has 0 aromatic heterocycles. The van der Waals surface area contributed by atoms with Crippen LogP contribution in [0.3, 0.4) is 0 Å². The summed E-state index contributed by atoms with van der Waals surface area (Å²) in [6.45, 7) is 7.35. The molecule has 2 unspecified atom stereocenters. The van der Waals surface area contributed by atoms with Gasteiger partial charge in [0.05, 0.1) is 0 Å². The first-order chi connectivity index (χ1) is 9.24. The molecule has 0 aromatic rings. The fourth-order valence-corrected chi connectivity index (χ4v) is 4.28. The molecule has 2 saturated carbocycles.